The number of rotatable bonds is 4. The molecule has 1 aromatic carbocycles. The molecule has 108 valence electrons. The van der Waals surface area contributed by atoms with Gasteiger partial charge in [0.15, 0.2) is 0 Å². The molecule has 1 atom stereocenters. The van der Waals surface area contributed by atoms with Gasteiger partial charge < -0.3 is 20.4 Å². The first-order valence-corrected chi connectivity index (χ1v) is 7.22. The molecule has 20 heavy (non-hydrogen) atoms. The standard InChI is InChI=1S/C15H20N2O3/c18-12-4-1-5-13(19)14(12)15(20)17(11-6-7-11)9-10-3-2-8-16-10/h1,4-5,10-11,16,18-19H,2-3,6-9H2. The minimum atomic E-state index is -0.267. The average Bonchev–Trinajstić information content (AvgIpc) is 3.12. The molecule has 1 amide bonds. The van der Waals surface area contributed by atoms with Crippen LogP contribution in [0.5, 0.6) is 11.5 Å². The molecule has 1 aliphatic heterocycles. The predicted molar refractivity (Wildman–Crippen MR) is 74.9 cm³/mol. The van der Waals surface area contributed by atoms with E-state index in [9.17, 15) is 15.0 Å². The lowest BCUT2D eigenvalue weighted by Gasteiger charge is -2.26. The van der Waals surface area contributed by atoms with Gasteiger partial charge in [-0.1, -0.05) is 6.07 Å². The van der Waals surface area contributed by atoms with E-state index in [1.54, 1.807) is 4.90 Å². The van der Waals surface area contributed by atoms with E-state index in [0.29, 0.717) is 12.6 Å². The minimum absolute atomic E-state index is 0.0254. The van der Waals surface area contributed by atoms with Gasteiger partial charge in [0.2, 0.25) is 0 Å². The van der Waals surface area contributed by atoms with Gasteiger partial charge in [-0.3, -0.25) is 4.79 Å². The third-order valence-corrected chi connectivity index (χ3v) is 4.06. The zero-order valence-corrected chi connectivity index (χ0v) is 11.4. The highest BCUT2D eigenvalue weighted by atomic mass is 16.3. The van der Waals surface area contributed by atoms with E-state index in [-0.39, 0.29) is 29.0 Å². The number of carbonyl (C=O) groups is 1. The molecule has 1 aliphatic carbocycles. The van der Waals surface area contributed by atoms with Crippen molar-refractivity contribution in [3.63, 3.8) is 0 Å². The fraction of sp³-hybridized carbons (Fsp3) is 0.533. The van der Waals surface area contributed by atoms with E-state index in [4.69, 9.17) is 0 Å². The number of benzene rings is 1. The molecule has 1 aromatic rings. The Balaban J connectivity index is 1.81. The molecule has 2 aliphatic rings. The molecular weight excluding hydrogens is 256 g/mol. The van der Waals surface area contributed by atoms with Crippen LogP contribution in [-0.2, 0) is 0 Å². The van der Waals surface area contributed by atoms with Gasteiger partial charge in [0, 0.05) is 18.6 Å². The Morgan fingerprint density at radius 1 is 1.25 bits per heavy atom. The number of phenolic OH excluding ortho intramolecular Hbond substituents is 2. The second-order valence-corrected chi connectivity index (χ2v) is 5.65. The Hall–Kier alpha value is -1.75. The molecule has 5 nitrogen and oxygen atoms in total. The van der Waals surface area contributed by atoms with E-state index >= 15 is 0 Å². The first-order chi connectivity index (χ1) is 9.66. The van der Waals surface area contributed by atoms with E-state index in [1.165, 1.54) is 18.2 Å². The van der Waals surface area contributed by atoms with Crippen molar-refractivity contribution < 1.29 is 15.0 Å². The topological polar surface area (TPSA) is 72.8 Å². The molecule has 0 spiro atoms. The summed E-state index contributed by atoms with van der Waals surface area (Å²) in [7, 11) is 0. The minimum Gasteiger partial charge on any atom is -0.507 e. The second kappa shape index (κ2) is 5.32. The van der Waals surface area contributed by atoms with Gasteiger partial charge in [-0.2, -0.15) is 0 Å². The number of phenols is 2. The van der Waals surface area contributed by atoms with Crippen molar-refractivity contribution in [3.05, 3.63) is 23.8 Å². The van der Waals surface area contributed by atoms with E-state index in [0.717, 1.165) is 32.2 Å². The highest BCUT2D eigenvalue weighted by Crippen LogP contribution is 2.33. The summed E-state index contributed by atoms with van der Waals surface area (Å²) in [5.41, 5.74) is 0.0254. The van der Waals surface area contributed by atoms with Crippen LogP contribution in [0.1, 0.15) is 36.0 Å². The largest absolute Gasteiger partial charge is 0.507 e. The van der Waals surface area contributed by atoms with Gasteiger partial charge in [0.05, 0.1) is 0 Å². The molecule has 0 radical (unpaired) electrons. The maximum atomic E-state index is 12.6. The molecule has 1 heterocycles. The first kappa shape index (κ1) is 13.2. The van der Waals surface area contributed by atoms with Gasteiger partial charge in [-0.15, -0.1) is 0 Å². The summed E-state index contributed by atoms with van der Waals surface area (Å²) < 4.78 is 0. The van der Waals surface area contributed by atoms with Crippen molar-refractivity contribution in [3.8, 4) is 11.5 Å². The Morgan fingerprint density at radius 2 is 1.95 bits per heavy atom. The summed E-state index contributed by atoms with van der Waals surface area (Å²) in [5, 5.41) is 23.1. The molecule has 3 rings (SSSR count). The van der Waals surface area contributed by atoms with Gasteiger partial charge >= 0.3 is 0 Å². The molecule has 1 unspecified atom stereocenters. The summed E-state index contributed by atoms with van der Waals surface area (Å²) in [5.74, 6) is -0.572. The molecule has 1 saturated carbocycles. The number of amides is 1. The fourth-order valence-electron chi connectivity index (χ4n) is 2.83. The van der Waals surface area contributed by atoms with E-state index < -0.39 is 0 Å². The molecule has 0 aromatic heterocycles. The molecule has 1 saturated heterocycles. The smallest absolute Gasteiger partial charge is 0.261 e. The summed E-state index contributed by atoms with van der Waals surface area (Å²) in [6, 6.07) is 4.98. The second-order valence-electron chi connectivity index (χ2n) is 5.65. The van der Waals surface area contributed by atoms with Crippen molar-refractivity contribution in [2.75, 3.05) is 13.1 Å². The summed E-state index contributed by atoms with van der Waals surface area (Å²) >= 11 is 0. The molecule has 3 N–H and O–H groups in total. The number of aromatic hydroxyl groups is 2. The van der Waals surface area contributed by atoms with Crippen LogP contribution in [0, 0.1) is 0 Å². The first-order valence-electron chi connectivity index (χ1n) is 7.22. The molecule has 0 bridgehead atoms. The van der Waals surface area contributed by atoms with Crippen LogP contribution in [-0.4, -0.2) is 46.2 Å². The van der Waals surface area contributed by atoms with Gasteiger partial charge in [-0.05, 0) is 44.4 Å². The van der Waals surface area contributed by atoms with Crippen molar-refractivity contribution >= 4 is 5.91 Å². The van der Waals surface area contributed by atoms with E-state index in [1.807, 2.05) is 0 Å². The number of hydrogen-bond donors (Lipinski definition) is 3. The molecule has 5 heteroatoms. The van der Waals surface area contributed by atoms with Gasteiger partial charge in [0.25, 0.3) is 5.91 Å². The third kappa shape index (κ3) is 2.58. The number of nitrogens with zero attached hydrogens (tertiary/aromatic N) is 1. The Kier molecular flexibility index (Phi) is 3.53. The van der Waals surface area contributed by atoms with Gasteiger partial charge in [0.1, 0.15) is 17.1 Å². The maximum absolute atomic E-state index is 12.6. The van der Waals surface area contributed by atoms with Crippen LogP contribution in [0.4, 0.5) is 0 Å². The lowest BCUT2D eigenvalue weighted by atomic mass is 10.1. The zero-order valence-electron chi connectivity index (χ0n) is 11.4. The quantitative estimate of drug-likeness (QED) is 0.778. The lowest BCUT2D eigenvalue weighted by molar-refractivity contribution is 0.0722. The van der Waals surface area contributed by atoms with Crippen molar-refractivity contribution in [1.82, 2.24) is 10.2 Å². The molecular formula is C15H20N2O3. The average molecular weight is 276 g/mol. The normalized spacial score (nSPS) is 21.9. The monoisotopic (exact) mass is 276 g/mol. The highest BCUT2D eigenvalue weighted by Gasteiger charge is 2.36. The fourth-order valence-corrected chi connectivity index (χ4v) is 2.83. The summed E-state index contributed by atoms with van der Waals surface area (Å²) in [6.07, 6.45) is 4.22. The van der Waals surface area contributed by atoms with Crippen LogP contribution >= 0.6 is 0 Å². The molecule has 2 fully saturated rings. The van der Waals surface area contributed by atoms with Crippen molar-refractivity contribution in [1.29, 1.82) is 0 Å². The van der Waals surface area contributed by atoms with Crippen LogP contribution in [0.2, 0.25) is 0 Å². The van der Waals surface area contributed by atoms with Crippen molar-refractivity contribution in [2.24, 2.45) is 0 Å². The third-order valence-electron chi connectivity index (χ3n) is 4.06. The highest BCUT2D eigenvalue weighted by molar-refractivity contribution is 5.99. The van der Waals surface area contributed by atoms with Crippen molar-refractivity contribution in [2.45, 2.75) is 37.8 Å². The Bertz CT molecular complexity index is 488. The van der Waals surface area contributed by atoms with E-state index in [2.05, 4.69) is 5.32 Å². The lowest BCUT2D eigenvalue weighted by Crippen LogP contribution is -2.42. The zero-order chi connectivity index (χ0) is 14.1. The Labute approximate surface area is 118 Å². The van der Waals surface area contributed by atoms with Crippen LogP contribution in [0.3, 0.4) is 0 Å². The van der Waals surface area contributed by atoms with Crippen LogP contribution in [0.25, 0.3) is 0 Å². The van der Waals surface area contributed by atoms with Crippen LogP contribution in [0.15, 0.2) is 18.2 Å². The number of carbonyl (C=O) groups excluding carboxylic acids is 1. The number of nitrogens with one attached hydrogen (secondary N) is 1. The Morgan fingerprint density at radius 3 is 2.50 bits per heavy atom. The summed E-state index contributed by atoms with van der Waals surface area (Å²) in [4.78, 5) is 14.4. The maximum Gasteiger partial charge on any atom is 0.261 e. The SMILES string of the molecule is O=C(c1c(O)cccc1O)N(CC1CCCN1)C1CC1. The predicted octanol–water partition coefficient (Wildman–Crippen LogP) is 1.45. The number of hydrogen-bond acceptors (Lipinski definition) is 4. The van der Waals surface area contributed by atoms with Gasteiger partial charge in [-0.25, -0.2) is 0 Å². The van der Waals surface area contributed by atoms with Crippen LogP contribution < -0.4 is 5.32 Å². The summed E-state index contributed by atoms with van der Waals surface area (Å²) in [6.45, 7) is 1.65.